The third kappa shape index (κ3) is 2.60. The first-order chi connectivity index (χ1) is 9.24. The van der Waals surface area contributed by atoms with Crippen molar-refractivity contribution in [1.82, 2.24) is 5.32 Å². The Balaban J connectivity index is 2.03. The van der Waals surface area contributed by atoms with Crippen molar-refractivity contribution in [2.75, 3.05) is 13.1 Å². The number of nitrogens with zero attached hydrogens (tertiary/aromatic N) is 1. The van der Waals surface area contributed by atoms with Crippen molar-refractivity contribution >= 4 is 29.0 Å². The van der Waals surface area contributed by atoms with Gasteiger partial charge in [0.1, 0.15) is 5.84 Å². The summed E-state index contributed by atoms with van der Waals surface area (Å²) in [5, 5.41) is 4.57. The Morgan fingerprint density at radius 2 is 1.84 bits per heavy atom. The first-order valence-corrected chi connectivity index (χ1v) is 6.84. The van der Waals surface area contributed by atoms with E-state index in [0.717, 1.165) is 35.6 Å². The van der Waals surface area contributed by atoms with Gasteiger partial charge in [0, 0.05) is 27.7 Å². The third-order valence-corrected chi connectivity index (χ3v) is 3.60. The molecule has 96 valence electrons. The molecule has 1 heterocycles. The normalized spacial score (nSPS) is 14.1. The number of benzene rings is 2. The molecule has 4 heteroatoms. The van der Waals surface area contributed by atoms with Gasteiger partial charge in [0.05, 0.1) is 6.54 Å². The minimum absolute atomic E-state index is 0.645. The lowest BCUT2D eigenvalue weighted by atomic mass is 10.0. The molecule has 0 bridgehead atoms. The molecule has 0 aliphatic carbocycles. The van der Waals surface area contributed by atoms with Crippen molar-refractivity contribution in [3.05, 3.63) is 58.1 Å². The van der Waals surface area contributed by atoms with Crippen molar-refractivity contribution < 1.29 is 0 Å². The molecule has 3 rings (SSSR count). The monoisotopic (exact) mass is 290 g/mol. The number of hydrogen-bond donors (Lipinski definition) is 1. The minimum Gasteiger partial charge on any atom is -0.368 e. The number of amidine groups is 1. The van der Waals surface area contributed by atoms with E-state index in [1.54, 1.807) is 6.07 Å². The summed E-state index contributed by atoms with van der Waals surface area (Å²) in [4.78, 5) is 4.43. The first-order valence-electron chi connectivity index (χ1n) is 6.08. The van der Waals surface area contributed by atoms with Crippen LogP contribution in [0.5, 0.6) is 0 Å². The number of nitrogens with one attached hydrogen (secondary N) is 1. The minimum atomic E-state index is 0.645. The van der Waals surface area contributed by atoms with Gasteiger partial charge in [-0.2, -0.15) is 0 Å². The maximum Gasteiger partial charge on any atom is 0.128 e. The summed E-state index contributed by atoms with van der Waals surface area (Å²) < 4.78 is 0. The Morgan fingerprint density at radius 1 is 1.00 bits per heavy atom. The Bertz CT molecular complexity index is 650. The van der Waals surface area contributed by atoms with Crippen LogP contribution in [0.1, 0.15) is 5.56 Å². The van der Waals surface area contributed by atoms with E-state index in [4.69, 9.17) is 23.2 Å². The zero-order valence-electron chi connectivity index (χ0n) is 10.2. The molecule has 0 atom stereocenters. The number of hydrogen-bond acceptors (Lipinski definition) is 2. The molecule has 0 fully saturated rings. The van der Waals surface area contributed by atoms with E-state index < -0.39 is 0 Å². The van der Waals surface area contributed by atoms with Crippen LogP contribution in [0.25, 0.3) is 11.1 Å². The second-order valence-electron chi connectivity index (χ2n) is 4.36. The van der Waals surface area contributed by atoms with Crippen LogP contribution in [0.4, 0.5) is 0 Å². The van der Waals surface area contributed by atoms with E-state index in [1.807, 2.05) is 30.3 Å². The summed E-state index contributed by atoms with van der Waals surface area (Å²) in [7, 11) is 0. The van der Waals surface area contributed by atoms with E-state index >= 15 is 0 Å². The predicted octanol–water partition coefficient (Wildman–Crippen LogP) is 4.01. The molecule has 0 aromatic heterocycles. The highest BCUT2D eigenvalue weighted by Crippen LogP contribution is 2.30. The van der Waals surface area contributed by atoms with E-state index in [0.29, 0.717) is 10.0 Å². The number of rotatable bonds is 2. The van der Waals surface area contributed by atoms with Gasteiger partial charge in [0.2, 0.25) is 0 Å². The van der Waals surface area contributed by atoms with Crippen molar-refractivity contribution in [2.45, 2.75) is 0 Å². The molecule has 2 nitrogen and oxygen atoms in total. The summed E-state index contributed by atoms with van der Waals surface area (Å²) in [6.45, 7) is 1.74. The van der Waals surface area contributed by atoms with E-state index in [2.05, 4.69) is 16.4 Å². The molecule has 1 aliphatic rings. The van der Waals surface area contributed by atoms with Crippen LogP contribution >= 0.6 is 23.2 Å². The van der Waals surface area contributed by atoms with E-state index in [9.17, 15) is 0 Å². The van der Waals surface area contributed by atoms with Crippen molar-refractivity contribution in [1.29, 1.82) is 0 Å². The summed E-state index contributed by atoms with van der Waals surface area (Å²) in [6, 6.07) is 13.7. The average molecular weight is 291 g/mol. The first kappa shape index (κ1) is 12.5. The number of halogens is 2. The van der Waals surface area contributed by atoms with Crippen LogP contribution in [0.15, 0.2) is 47.5 Å². The zero-order chi connectivity index (χ0) is 13.2. The topological polar surface area (TPSA) is 24.4 Å². The SMILES string of the molecule is Clc1ccc(-c2cccc(C3=NCCN3)c2)c(Cl)c1. The lowest BCUT2D eigenvalue weighted by Crippen LogP contribution is -2.19. The maximum atomic E-state index is 6.25. The van der Waals surface area contributed by atoms with Crippen molar-refractivity contribution in [2.24, 2.45) is 4.99 Å². The lowest BCUT2D eigenvalue weighted by molar-refractivity contribution is 0.960. The smallest absolute Gasteiger partial charge is 0.128 e. The highest BCUT2D eigenvalue weighted by Gasteiger charge is 2.10. The third-order valence-electron chi connectivity index (χ3n) is 3.05. The van der Waals surface area contributed by atoms with Gasteiger partial charge in [-0.3, -0.25) is 4.99 Å². The number of aliphatic imine (C=N–C) groups is 1. The van der Waals surface area contributed by atoms with Gasteiger partial charge in [-0.25, -0.2) is 0 Å². The van der Waals surface area contributed by atoms with Gasteiger partial charge in [0.15, 0.2) is 0 Å². The predicted molar refractivity (Wildman–Crippen MR) is 81.3 cm³/mol. The van der Waals surface area contributed by atoms with Crippen LogP contribution < -0.4 is 5.32 Å². The van der Waals surface area contributed by atoms with Crippen LogP contribution in [-0.2, 0) is 0 Å². The van der Waals surface area contributed by atoms with Crippen LogP contribution in [-0.4, -0.2) is 18.9 Å². The highest BCUT2D eigenvalue weighted by atomic mass is 35.5. The molecular formula is C15H12Cl2N2. The van der Waals surface area contributed by atoms with Crippen LogP contribution in [0, 0.1) is 0 Å². The molecule has 2 aromatic carbocycles. The van der Waals surface area contributed by atoms with Gasteiger partial charge in [-0.05, 0) is 23.8 Å². The summed E-state index contributed by atoms with van der Waals surface area (Å²) in [6.07, 6.45) is 0. The fourth-order valence-corrected chi connectivity index (χ4v) is 2.67. The molecule has 19 heavy (non-hydrogen) atoms. The molecule has 0 spiro atoms. The summed E-state index contributed by atoms with van der Waals surface area (Å²) in [5.74, 6) is 0.951. The van der Waals surface area contributed by atoms with E-state index in [1.165, 1.54) is 0 Å². The Morgan fingerprint density at radius 3 is 2.58 bits per heavy atom. The van der Waals surface area contributed by atoms with Gasteiger partial charge in [-0.1, -0.05) is 47.5 Å². The average Bonchev–Trinajstić information content (AvgIpc) is 2.93. The molecule has 2 aromatic rings. The van der Waals surface area contributed by atoms with Crippen LogP contribution in [0.2, 0.25) is 10.0 Å². The van der Waals surface area contributed by atoms with Crippen molar-refractivity contribution in [3.63, 3.8) is 0 Å². The second kappa shape index (κ2) is 5.24. The molecule has 0 saturated carbocycles. The molecule has 0 unspecified atom stereocenters. The largest absolute Gasteiger partial charge is 0.368 e. The summed E-state index contributed by atoms with van der Waals surface area (Å²) >= 11 is 12.2. The Labute approximate surface area is 122 Å². The molecule has 1 aliphatic heterocycles. The molecular weight excluding hydrogens is 279 g/mol. The van der Waals surface area contributed by atoms with Gasteiger partial charge >= 0.3 is 0 Å². The quantitative estimate of drug-likeness (QED) is 0.888. The fourth-order valence-electron chi connectivity index (χ4n) is 2.15. The van der Waals surface area contributed by atoms with Gasteiger partial charge < -0.3 is 5.32 Å². The zero-order valence-corrected chi connectivity index (χ0v) is 11.7. The van der Waals surface area contributed by atoms with Gasteiger partial charge in [0.25, 0.3) is 0 Å². The second-order valence-corrected chi connectivity index (χ2v) is 5.21. The highest BCUT2D eigenvalue weighted by molar-refractivity contribution is 6.36. The Hall–Kier alpha value is -1.51. The van der Waals surface area contributed by atoms with Crippen molar-refractivity contribution in [3.8, 4) is 11.1 Å². The standard InChI is InChI=1S/C15H12Cl2N2/c16-12-4-5-13(14(17)9-12)10-2-1-3-11(8-10)15-18-6-7-19-15/h1-5,8-9H,6-7H2,(H,18,19). The maximum absolute atomic E-state index is 6.25. The fraction of sp³-hybridized carbons (Fsp3) is 0.133. The molecule has 0 radical (unpaired) electrons. The van der Waals surface area contributed by atoms with E-state index in [-0.39, 0.29) is 0 Å². The molecule has 1 N–H and O–H groups in total. The molecule has 0 amide bonds. The Kier molecular flexibility index (Phi) is 3.45. The lowest BCUT2D eigenvalue weighted by Gasteiger charge is -2.08. The van der Waals surface area contributed by atoms with Crippen LogP contribution in [0.3, 0.4) is 0 Å². The van der Waals surface area contributed by atoms with Gasteiger partial charge in [-0.15, -0.1) is 0 Å². The molecule has 0 saturated heterocycles. The summed E-state index contributed by atoms with van der Waals surface area (Å²) in [5.41, 5.74) is 3.13.